The normalized spacial score (nSPS) is 18.8. The number of ether oxygens (including phenoxy) is 2. The minimum Gasteiger partial charge on any atom is -0.493 e. The van der Waals surface area contributed by atoms with Crippen LogP contribution >= 0.6 is 0 Å². The molecule has 2 heterocycles. The lowest BCUT2D eigenvalue weighted by molar-refractivity contribution is 0.355. The highest BCUT2D eigenvalue weighted by atomic mass is 16.5. The van der Waals surface area contributed by atoms with Crippen LogP contribution in [-0.2, 0) is 0 Å². The summed E-state index contributed by atoms with van der Waals surface area (Å²) < 4.78 is 10.7. The molecule has 6 nitrogen and oxygen atoms in total. The molecular formula is C15H20N4O2. The molecule has 1 aliphatic heterocycles. The molecule has 0 amide bonds. The van der Waals surface area contributed by atoms with E-state index in [-0.39, 0.29) is 0 Å². The van der Waals surface area contributed by atoms with E-state index in [4.69, 9.17) is 9.47 Å². The summed E-state index contributed by atoms with van der Waals surface area (Å²) in [6.45, 7) is 5.00. The first kappa shape index (κ1) is 13.9. The Kier molecular flexibility index (Phi) is 3.79. The average Bonchev–Trinajstić information content (AvgIpc) is 2.52. The SMILES string of the molecule is COc1cc2ncnc(N3CCNC(C)C3)c2cc1OC. The van der Waals surface area contributed by atoms with Crippen LogP contribution in [0.2, 0.25) is 0 Å². The molecule has 0 radical (unpaired) electrons. The Morgan fingerprint density at radius 1 is 1.19 bits per heavy atom. The van der Waals surface area contributed by atoms with E-state index in [1.54, 1.807) is 20.5 Å². The predicted octanol–water partition coefficient (Wildman–Crippen LogP) is 1.45. The minimum absolute atomic E-state index is 0.448. The number of aromatic nitrogens is 2. The first-order chi connectivity index (χ1) is 10.2. The van der Waals surface area contributed by atoms with E-state index < -0.39 is 0 Å². The van der Waals surface area contributed by atoms with Crippen molar-refractivity contribution >= 4 is 16.7 Å². The molecule has 1 aliphatic rings. The van der Waals surface area contributed by atoms with Crippen molar-refractivity contribution in [3.05, 3.63) is 18.5 Å². The van der Waals surface area contributed by atoms with Gasteiger partial charge in [0.05, 0.1) is 19.7 Å². The zero-order chi connectivity index (χ0) is 14.8. The van der Waals surface area contributed by atoms with E-state index in [1.165, 1.54) is 0 Å². The zero-order valence-corrected chi connectivity index (χ0v) is 12.6. The first-order valence-corrected chi connectivity index (χ1v) is 7.08. The second-order valence-electron chi connectivity index (χ2n) is 5.22. The lowest BCUT2D eigenvalue weighted by atomic mass is 10.1. The summed E-state index contributed by atoms with van der Waals surface area (Å²) in [7, 11) is 3.27. The van der Waals surface area contributed by atoms with Gasteiger partial charge in [0.15, 0.2) is 11.5 Å². The number of nitrogens with one attached hydrogen (secondary N) is 1. The summed E-state index contributed by atoms with van der Waals surface area (Å²) in [6.07, 6.45) is 1.61. The molecule has 1 aromatic carbocycles. The van der Waals surface area contributed by atoms with Gasteiger partial charge in [0, 0.05) is 37.1 Å². The van der Waals surface area contributed by atoms with E-state index >= 15 is 0 Å². The van der Waals surface area contributed by atoms with Gasteiger partial charge in [-0.3, -0.25) is 0 Å². The summed E-state index contributed by atoms with van der Waals surface area (Å²) in [5.74, 6) is 2.34. The maximum absolute atomic E-state index is 5.40. The third-order valence-corrected chi connectivity index (χ3v) is 3.79. The summed E-state index contributed by atoms with van der Waals surface area (Å²) in [4.78, 5) is 11.1. The molecule has 1 unspecified atom stereocenters. The molecule has 3 rings (SSSR count). The van der Waals surface area contributed by atoms with Gasteiger partial charge in [-0.15, -0.1) is 0 Å². The fourth-order valence-electron chi connectivity index (χ4n) is 2.75. The van der Waals surface area contributed by atoms with E-state index in [2.05, 4.69) is 27.1 Å². The van der Waals surface area contributed by atoms with Crippen molar-refractivity contribution in [1.29, 1.82) is 0 Å². The quantitative estimate of drug-likeness (QED) is 0.922. The Balaban J connectivity index is 2.10. The number of anilines is 1. The summed E-state index contributed by atoms with van der Waals surface area (Å²) in [6, 6.07) is 4.30. The van der Waals surface area contributed by atoms with Gasteiger partial charge in [-0.05, 0) is 13.0 Å². The largest absolute Gasteiger partial charge is 0.493 e. The van der Waals surface area contributed by atoms with Crippen molar-refractivity contribution in [3.63, 3.8) is 0 Å². The number of rotatable bonds is 3. The Hall–Kier alpha value is -2.08. The van der Waals surface area contributed by atoms with Gasteiger partial charge in [-0.1, -0.05) is 0 Å². The second kappa shape index (κ2) is 5.73. The van der Waals surface area contributed by atoms with Crippen LogP contribution in [0.1, 0.15) is 6.92 Å². The average molecular weight is 288 g/mol. The van der Waals surface area contributed by atoms with Crippen molar-refractivity contribution in [2.75, 3.05) is 38.8 Å². The van der Waals surface area contributed by atoms with Crippen molar-refractivity contribution in [2.24, 2.45) is 0 Å². The van der Waals surface area contributed by atoms with Gasteiger partial charge in [0.25, 0.3) is 0 Å². The van der Waals surface area contributed by atoms with Crippen LogP contribution < -0.4 is 19.7 Å². The van der Waals surface area contributed by atoms with Crippen LogP contribution in [-0.4, -0.2) is 49.9 Å². The molecule has 0 aliphatic carbocycles. The fraction of sp³-hybridized carbons (Fsp3) is 0.467. The number of hydrogen-bond donors (Lipinski definition) is 1. The van der Waals surface area contributed by atoms with Crippen molar-refractivity contribution in [3.8, 4) is 11.5 Å². The van der Waals surface area contributed by atoms with Gasteiger partial charge >= 0.3 is 0 Å². The summed E-state index contributed by atoms with van der Waals surface area (Å²) in [5.41, 5.74) is 0.865. The molecule has 1 fully saturated rings. The molecule has 21 heavy (non-hydrogen) atoms. The van der Waals surface area contributed by atoms with Gasteiger partial charge in [-0.2, -0.15) is 0 Å². The van der Waals surface area contributed by atoms with Crippen LogP contribution in [0.25, 0.3) is 10.9 Å². The molecule has 1 atom stereocenters. The van der Waals surface area contributed by atoms with Gasteiger partial charge in [0.1, 0.15) is 12.1 Å². The molecule has 6 heteroatoms. The first-order valence-electron chi connectivity index (χ1n) is 7.08. The number of nitrogens with zero attached hydrogens (tertiary/aromatic N) is 3. The van der Waals surface area contributed by atoms with Crippen LogP contribution in [0, 0.1) is 0 Å². The van der Waals surface area contributed by atoms with Gasteiger partial charge in [0.2, 0.25) is 0 Å². The topological polar surface area (TPSA) is 59.5 Å². The number of hydrogen-bond acceptors (Lipinski definition) is 6. The second-order valence-corrected chi connectivity index (χ2v) is 5.22. The highest BCUT2D eigenvalue weighted by Crippen LogP contribution is 2.34. The van der Waals surface area contributed by atoms with E-state index in [1.807, 2.05) is 12.1 Å². The van der Waals surface area contributed by atoms with Gasteiger partial charge in [-0.25, -0.2) is 9.97 Å². The van der Waals surface area contributed by atoms with Crippen LogP contribution in [0.4, 0.5) is 5.82 Å². The molecule has 1 aromatic heterocycles. The number of piperazine rings is 1. The predicted molar refractivity (Wildman–Crippen MR) is 82.3 cm³/mol. The number of methoxy groups -OCH3 is 2. The Morgan fingerprint density at radius 2 is 1.95 bits per heavy atom. The summed E-state index contributed by atoms with van der Waals surface area (Å²) in [5, 5.41) is 4.43. The smallest absolute Gasteiger partial charge is 0.162 e. The fourth-order valence-corrected chi connectivity index (χ4v) is 2.75. The lowest BCUT2D eigenvalue weighted by Gasteiger charge is -2.33. The monoisotopic (exact) mass is 288 g/mol. The summed E-state index contributed by atoms with van der Waals surface area (Å²) >= 11 is 0. The number of fused-ring (bicyclic) bond motifs is 1. The van der Waals surface area contributed by atoms with Crippen molar-refractivity contribution < 1.29 is 9.47 Å². The molecule has 1 N–H and O–H groups in total. The van der Waals surface area contributed by atoms with E-state index in [9.17, 15) is 0 Å². The van der Waals surface area contributed by atoms with Crippen LogP contribution in [0.15, 0.2) is 18.5 Å². The van der Waals surface area contributed by atoms with Crippen molar-refractivity contribution in [1.82, 2.24) is 15.3 Å². The molecular weight excluding hydrogens is 268 g/mol. The molecule has 1 saturated heterocycles. The van der Waals surface area contributed by atoms with Crippen LogP contribution in [0.3, 0.4) is 0 Å². The molecule has 0 saturated carbocycles. The highest BCUT2D eigenvalue weighted by molar-refractivity contribution is 5.92. The Labute approximate surface area is 124 Å². The molecule has 0 spiro atoms. The minimum atomic E-state index is 0.448. The van der Waals surface area contributed by atoms with Crippen molar-refractivity contribution in [2.45, 2.75) is 13.0 Å². The lowest BCUT2D eigenvalue weighted by Crippen LogP contribution is -2.49. The highest BCUT2D eigenvalue weighted by Gasteiger charge is 2.20. The molecule has 2 aromatic rings. The van der Waals surface area contributed by atoms with Gasteiger partial charge < -0.3 is 19.7 Å². The molecule has 0 bridgehead atoms. The molecule has 112 valence electrons. The Bertz CT molecular complexity index is 647. The standard InChI is InChI=1S/C15H20N4O2/c1-10-8-19(5-4-16-10)15-11-6-13(20-2)14(21-3)7-12(11)17-9-18-15/h6-7,9-10,16H,4-5,8H2,1-3H3. The third kappa shape index (κ3) is 2.58. The zero-order valence-electron chi connectivity index (χ0n) is 12.6. The van der Waals surface area contributed by atoms with E-state index in [0.29, 0.717) is 17.5 Å². The Morgan fingerprint density at radius 3 is 2.67 bits per heavy atom. The maximum atomic E-state index is 5.40. The number of benzene rings is 1. The van der Waals surface area contributed by atoms with Crippen LogP contribution in [0.5, 0.6) is 11.5 Å². The third-order valence-electron chi connectivity index (χ3n) is 3.79. The van der Waals surface area contributed by atoms with E-state index in [0.717, 1.165) is 36.4 Å². The maximum Gasteiger partial charge on any atom is 0.162 e.